The predicted octanol–water partition coefficient (Wildman–Crippen LogP) is -0.0445. The smallest absolute Gasteiger partial charge is 0.335 e. The maximum Gasteiger partial charge on any atom is 0.335 e. The first kappa shape index (κ1) is 13.3. The van der Waals surface area contributed by atoms with Crippen LogP contribution in [0.4, 0.5) is 0 Å². The van der Waals surface area contributed by atoms with E-state index in [0.29, 0.717) is 13.2 Å². The quantitative estimate of drug-likeness (QED) is 0.825. The van der Waals surface area contributed by atoms with Crippen molar-refractivity contribution in [1.82, 2.24) is 4.90 Å². The molecular weight excluding hydrogens is 254 g/mol. The highest BCUT2D eigenvalue weighted by Gasteiger charge is 2.26. The van der Waals surface area contributed by atoms with Crippen LogP contribution in [0.2, 0.25) is 0 Å². The van der Waals surface area contributed by atoms with E-state index in [4.69, 9.17) is 9.84 Å². The van der Waals surface area contributed by atoms with Gasteiger partial charge in [-0.2, -0.15) is 0 Å². The zero-order chi connectivity index (χ0) is 13.8. The zero-order valence-electron chi connectivity index (χ0n) is 10.1. The standard InChI is InChI=1S/C12H13NO6/c14-10(15)5-9-6-13(3-4-18-9)12(17)8-1-2-11(16)19-7-8/h1-2,7,9H,3-6H2,(H,14,15). The topological polar surface area (TPSA) is 97.1 Å². The molecule has 1 aliphatic heterocycles. The second-order valence-electron chi connectivity index (χ2n) is 4.19. The van der Waals surface area contributed by atoms with Crippen LogP contribution < -0.4 is 5.63 Å². The summed E-state index contributed by atoms with van der Waals surface area (Å²) in [6, 6.07) is 2.55. The van der Waals surface area contributed by atoms with Crippen LogP contribution in [0.5, 0.6) is 0 Å². The number of nitrogens with zero attached hydrogens (tertiary/aromatic N) is 1. The fourth-order valence-electron chi connectivity index (χ4n) is 1.88. The van der Waals surface area contributed by atoms with Crippen LogP contribution in [0.1, 0.15) is 16.8 Å². The summed E-state index contributed by atoms with van der Waals surface area (Å²) in [6.45, 7) is 0.888. The summed E-state index contributed by atoms with van der Waals surface area (Å²) in [5.74, 6) is -1.27. The van der Waals surface area contributed by atoms with Crippen LogP contribution in [-0.4, -0.2) is 47.7 Å². The molecule has 2 rings (SSSR count). The summed E-state index contributed by atoms with van der Waals surface area (Å²) in [4.78, 5) is 35.0. The fourth-order valence-corrected chi connectivity index (χ4v) is 1.88. The van der Waals surface area contributed by atoms with E-state index in [-0.39, 0.29) is 24.4 Å². The molecule has 0 spiro atoms. The molecule has 1 saturated heterocycles. The second-order valence-corrected chi connectivity index (χ2v) is 4.19. The van der Waals surface area contributed by atoms with Crippen molar-refractivity contribution in [2.45, 2.75) is 12.5 Å². The number of carboxylic acids is 1. The second kappa shape index (κ2) is 5.66. The molecule has 0 aromatic carbocycles. The summed E-state index contributed by atoms with van der Waals surface area (Å²) in [6.07, 6.45) is 0.450. The average molecular weight is 267 g/mol. The Morgan fingerprint density at radius 3 is 2.84 bits per heavy atom. The van der Waals surface area contributed by atoms with Gasteiger partial charge in [0.05, 0.1) is 24.7 Å². The molecule has 1 fully saturated rings. The molecule has 2 heterocycles. The van der Waals surface area contributed by atoms with Gasteiger partial charge in [-0.1, -0.05) is 0 Å². The van der Waals surface area contributed by atoms with Crippen LogP contribution in [-0.2, 0) is 9.53 Å². The molecule has 1 aromatic heterocycles. The van der Waals surface area contributed by atoms with Gasteiger partial charge in [-0.25, -0.2) is 4.79 Å². The molecule has 1 N–H and O–H groups in total. The Morgan fingerprint density at radius 1 is 1.42 bits per heavy atom. The van der Waals surface area contributed by atoms with Crippen LogP contribution in [0.15, 0.2) is 27.6 Å². The van der Waals surface area contributed by atoms with Gasteiger partial charge in [0.25, 0.3) is 5.91 Å². The summed E-state index contributed by atoms with van der Waals surface area (Å²) >= 11 is 0. The normalized spacial score (nSPS) is 19.2. The number of carboxylic acid groups (broad SMARTS) is 1. The van der Waals surface area contributed by atoms with E-state index in [1.165, 1.54) is 17.0 Å². The molecular formula is C12H13NO6. The van der Waals surface area contributed by atoms with E-state index in [9.17, 15) is 14.4 Å². The maximum absolute atomic E-state index is 12.1. The summed E-state index contributed by atoms with van der Waals surface area (Å²) < 4.78 is 9.91. The Hall–Kier alpha value is -2.15. The molecule has 1 amide bonds. The Bertz CT molecular complexity index is 517. The van der Waals surface area contributed by atoms with Crippen molar-refractivity contribution in [2.75, 3.05) is 19.7 Å². The highest BCUT2D eigenvalue weighted by Crippen LogP contribution is 2.12. The Kier molecular flexibility index (Phi) is 3.96. The lowest BCUT2D eigenvalue weighted by Gasteiger charge is -2.32. The Balaban J connectivity index is 2.04. The van der Waals surface area contributed by atoms with E-state index < -0.39 is 17.7 Å². The van der Waals surface area contributed by atoms with Gasteiger partial charge in [0, 0.05) is 19.2 Å². The van der Waals surface area contributed by atoms with Crippen LogP contribution in [0, 0.1) is 0 Å². The number of carbonyl (C=O) groups is 2. The summed E-state index contributed by atoms with van der Waals surface area (Å²) in [7, 11) is 0. The molecule has 19 heavy (non-hydrogen) atoms. The highest BCUT2D eigenvalue weighted by atomic mass is 16.5. The number of hydrogen-bond donors (Lipinski definition) is 1. The van der Waals surface area contributed by atoms with Gasteiger partial charge >= 0.3 is 11.6 Å². The molecule has 0 radical (unpaired) electrons. The molecule has 1 aliphatic rings. The van der Waals surface area contributed by atoms with Gasteiger partial charge in [-0.3, -0.25) is 9.59 Å². The minimum atomic E-state index is -0.968. The SMILES string of the molecule is O=C(O)CC1CN(C(=O)c2ccc(=O)oc2)CCO1. The van der Waals surface area contributed by atoms with Gasteiger partial charge in [0.2, 0.25) is 0 Å². The van der Waals surface area contributed by atoms with Crippen molar-refractivity contribution < 1.29 is 23.8 Å². The lowest BCUT2D eigenvalue weighted by Crippen LogP contribution is -2.46. The molecule has 1 aromatic rings. The predicted molar refractivity (Wildman–Crippen MR) is 62.9 cm³/mol. The maximum atomic E-state index is 12.1. The third-order valence-corrected chi connectivity index (χ3v) is 2.78. The Labute approximate surface area is 108 Å². The van der Waals surface area contributed by atoms with Gasteiger partial charge < -0.3 is 19.2 Å². The minimum Gasteiger partial charge on any atom is -0.481 e. The molecule has 0 bridgehead atoms. The molecule has 7 nitrogen and oxygen atoms in total. The first-order chi connectivity index (χ1) is 9.06. The molecule has 102 valence electrons. The van der Waals surface area contributed by atoms with Crippen molar-refractivity contribution in [3.8, 4) is 0 Å². The minimum absolute atomic E-state index is 0.145. The van der Waals surface area contributed by atoms with E-state index in [2.05, 4.69) is 4.42 Å². The number of rotatable bonds is 3. The average Bonchev–Trinajstić information content (AvgIpc) is 2.38. The zero-order valence-corrected chi connectivity index (χ0v) is 10.1. The van der Waals surface area contributed by atoms with Crippen molar-refractivity contribution in [2.24, 2.45) is 0 Å². The van der Waals surface area contributed by atoms with Crippen molar-refractivity contribution in [3.63, 3.8) is 0 Å². The third kappa shape index (κ3) is 3.41. The molecule has 7 heteroatoms. The van der Waals surface area contributed by atoms with Gasteiger partial charge in [0.15, 0.2) is 0 Å². The third-order valence-electron chi connectivity index (χ3n) is 2.78. The lowest BCUT2D eigenvalue weighted by molar-refractivity contribution is -0.141. The van der Waals surface area contributed by atoms with Crippen LogP contribution in [0.25, 0.3) is 0 Å². The first-order valence-corrected chi connectivity index (χ1v) is 5.78. The van der Waals surface area contributed by atoms with Crippen molar-refractivity contribution in [3.05, 3.63) is 34.4 Å². The largest absolute Gasteiger partial charge is 0.481 e. The Morgan fingerprint density at radius 2 is 2.21 bits per heavy atom. The van der Waals surface area contributed by atoms with Crippen molar-refractivity contribution in [1.29, 1.82) is 0 Å². The lowest BCUT2D eigenvalue weighted by atomic mass is 10.2. The summed E-state index contributed by atoms with van der Waals surface area (Å²) in [5.41, 5.74) is -0.266. The number of hydrogen-bond acceptors (Lipinski definition) is 5. The number of morpholine rings is 1. The van der Waals surface area contributed by atoms with Gasteiger partial charge in [-0.05, 0) is 6.07 Å². The van der Waals surface area contributed by atoms with Gasteiger partial charge in [-0.15, -0.1) is 0 Å². The first-order valence-electron chi connectivity index (χ1n) is 5.78. The molecule has 0 aliphatic carbocycles. The molecule has 1 atom stereocenters. The number of amides is 1. The van der Waals surface area contributed by atoms with E-state index in [1.54, 1.807) is 0 Å². The number of aliphatic carboxylic acids is 1. The van der Waals surface area contributed by atoms with Crippen LogP contribution >= 0.6 is 0 Å². The van der Waals surface area contributed by atoms with E-state index in [1.807, 2.05) is 0 Å². The van der Waals surface area contributed by atoms with E-state index >= 15 is 0 Å². The molecule has 0 saturated carbocycles. The van der Waals surface area contributed by atoms with Gasteiger partial charge in [0.1, 0.15) is 6.26 Å². The van der Waals surface area contributed by atoms with Crippen molar-refractivity contribution >= 4 is 11.9 Å². The molecule has 1 unspecified atom stereocenters. The fraction of sp³-hybridized carbons (Fsp3) is 0.417. The van der Waals surface area contributed by atoms with Crippen LogP contribution in [0.3, 0.4) is 0 Å². The van der Waals surface area contributed by atoms with E-state index in [0.717, 1.165) is 6.26 Å². The highest BCUT2D eigenvalue weighted by molar-refractivity contribution is 5.93. The number of ether oxygens (including phenoxy) is 1. The summed E-state index contributed by atoms with van der Waals surface area (Å²) in [5, 5.41) is 8.70. The monoisotopic (exact) mass is 267 g/mol. The number of carbonyl (C=O) groups excluding carboxylic acids is 1.